The van der Waals surface area contributed by atoms with Gasteiger partial charge in [-0.3, -0.25) is 14.4 Å². The van der Waals surface area contributed by atoms with Crippen molar-refractivity contribution in [3.8, 4) is 0 Å². The van der Waals surface area contributed by atoms with Gasteiger partial charge in [0.1, 0.15) is 5.71 Å². The van der Waals surface area contributed by atoms with Gasteiger partial charge in [-0.15, -0.1) is 0 Å². The van der Waals surface area contributed by atoms with E-state index >= 15 is 0 Å². The van der Waals surface area contributed by atoms with Gasteiger partial charge < -0.3 is 10.6 Å². The number of nitrogens with two attached hydrogens (primary N) is 1. The van der Waals surface area contributed by atoms with Crippen molar-refractivity contribution in [2.45, 2.75) is 52.0 Å². The molecular formula is C15H24N4O3. The van der Waals surface area contributed by atoms with Gasteiger partial charge in [-0.2, -0.15) is 5.10 Å². The molecule has 0 bridgehead atoms. The summed E-state index contributed by atoms with van der Waals surface area (Å²) in [5.41, 5.74) is 5.68. The molecule has 122 valence electrons. The van der Waals surface area contributed by atoms with Crippen molar-refractivity contribution in [2.75, 3.05) is 13.1 Å². The van der Waals surface area contributed by atoms with Crippen molar-refractivity contribution < 1.29 is 14.4 Å². The summed E-state index contributed by atoms with van der Waals surface area (Å²) < 4.78 is 0. The lowest BCUT2D eigenvalue weighted by Gasteiger charge is -2.34. The van der Waals surface area contributed by atoms with E-state index in [4.69, 9.17) is 5.73 Å². The standard InChI is InChI=1S/C15H24N4O3/c1-10(2)19-14(21)6-5-12(17-19)15(22)18-7-3-4-11(9-18)8-13(16)20/h10-11H,3-9H2,1-2H3,(H2,16,20). The van der Waals surface area contributed by atoms with Crippen molar-refractivity contribution in [3.05, 3.63) is 0 Å². The highest BCUT2D eigenvalue weighted by Crippen LogP contribution is 2.21. The van der Waals surface area contributed by atoms with Gasteiger partial charge in [0.25, 0.3) is 5.91 Å². The molecule has 2 heterocycles. The number of nitrogens with zero attached hydrogens (tertiary/aromatic N) is 3. The van der Waals surface area contributed by atoms with Crippen LogP contribution >= 0.6 is 0 Å². The Morgan fingerprint density at radius 1 is 1.36 bits per heavy atom. The third kappa shape index (κ3) is 3.84. The zero-order valence-electron chi connectivity index (χ0n) is 13.2. The predicted molar refractivity (Wildman–Crippen MR) is 81.8 cm³/mol. The fourth-order valence-electron chi connectivity index (χ4n) is 3.01. The molecule has 0 aromatic carbocycles. The Morgan fingerprint density at radius 3 is 2.73 bits per heavy atom. The first-order valence-electron chi connectivity index (χ1n) is 7.85. The molecule has 2 aliphatic heterocycles. The van der Waals surface area contributed by atoms with Crippen LogP contribution in [-0.2, 0) is 14.4 Å². The molecule has 0 radical (unpaired) electrons. The van der Waals surface area contributed by atoms with Crippen LogP contribution in [0.1, 0.15) is 46.0 Å². The van der Waals surface area contributed by atoms with Gasteiger partial charge in [0.2, 0.25) is 11.8 Å². The Hall–Kier alpha value is -1.92. The van der Waals surface area contributed by atoms with Crippen molar-refractivity contribution >= 4 is 23.4 Å². The second-order valence-corrected chi connectivity index (χ2v) is 6.31. The Labute approximate surface area is 130 Å². The van der Waals surface area contributed by atoms with E-state index in [0.717, 1.165) is 12.8 Å². The molecule has 1 atom stereocenters. The van der Waals surface area contributed by atoms with E-state index in [1.54, 1.807) is 4.90 Å². The molecule has 1 fully saturated rings. The molecule has 2 aliphatic rings. The highest BCUT2D eigenvalue weighted by molar-refractivity contribution is 6.39. The van der Waals surface area contributed by atoms with E-state index < -0.39 is 0 Å². The molecule has 1 unspecified atom stereocenters. The molecule has 1 saturated heterocycles. The molecular weight excluding hydrogens is 284 g/mol. The third-order valence-electron chi connectivity index (χ3n) is 4.09. The molecule has 0 aromatic heterocycles. The summed E-state index contributed by atoms with van der Waals surface area (Å²) in [6.07, 6.45) is 2.80. The van der Waals surface area contributed by atoms with Crippen molar-refractivity contribution in [3.63, 3.8) is 0 Å². The van der Waals surface area contributed by atoms with Gasteiger partial charge in [-0.25, -0.2) is 5.01 Å². The van der Waals surface area contributed by atoms with Crippen molar-refractivity contribution in [2.24, 2.45) is 16.8 Å². The second-order valence-electron chi connectivity index (χ2n) is 6.31. The number of rotatable bonds is 4. The maximum Gasteiger partial charge on any atom is 0.270 e. The van der Waals surface area contributed by atoms with Crippen LogP contribution in [0.25, 0.3) is 0 Å². The lowest BCUT2D eigenvalue weighted by molar-refractivity contribution is -0.134. The van der Waals surface area contributed by atoms with Crippen LogP contribution < -0.4 is 5.73 Å². The average Bonchev–Trinajstić information content (AvgIpc) is 2.46. The van der Waals surface area contributed by atoms with Crippen LogP contribution in [-0.4, -0.2) is 52.5 Å². The summed E-state index contributed by atoms with van der Waals surface area (Å²) in [5, 5.41) is 5.63. The smallest absolute Gasteiger partial charge is 0.270 e. The fraction of sp³-hybridized carbons (Fsp3) is 0.733. The molecule has 22 heavy (non-hydrogen) atoms. The first-order valence-corrected chi connectivity index (χ1v) is 7.85. The number of hydrazone groups is 1. The molecule has 0 aliphatic carbocycles. The Bertz CT molecular complexity index is 501. The van der Waals surface area contributed by atoms with Crippen LogP contribution in [0.2, 0.25) is 0 Å². The van der Waals surface area contributed by atoms with Gasteiger partial charge >= 0.3 is 0 Å². The lowest BCUT2D eigenvalue weighted by atomic mass is 9.94. The molecule has 2 N–H and O–H groups in total. The van der Waals surface area contributed by atoms with Crippen LogP contribution in [0.3, 0.4) is 0 Å². The molecule has 0 saturated carbocycles. The minimum Gasteiger partial charge on any atom is -0.370 e. The van der Waals surface area contributed by atoms with E-state index in [2.05, 4.69) is 5.10 Å². The molecule has 0 aromatic rings. The normalized spacial score (nSPS) is 22.8. The quantitative estimate of drug-likeness (QED) is 0.818. The van der Waals surface area contributed by atoms with Gasteiger partial charge in [-0.05, 0) is 32.6 Å². The minimum absolute atomic E-state index is 0.0446. The summed E-state index contributed by atoms with van der Waals surface area (Å²) in [4.78, 5) is 37.2. The Morgan fingerprint density at radius 2 is 2.09 bits per heavy atom. The minimum atomic E-state index is -0.328. The number of piperidine rings is 1. The zero-order valence-corrected chi connectivity index (χ0v) is 13.2. The van der Waals surface area contributed by atoms with Gasteiger partial charge in [0.15, 0.2) is 0 Å². The van der Waals surface area contributed by atoms with Crippen LogP contribution in [0, 0.1) is 5.92 Å². The Kier molecular flexibility index (Phi) is 5.15. The number of primary amides is 1. The van der Waals surface area contributed by atoms with E-state index in [1.165, 1.54) is 5.01 Å². The zero-order chi connectivity index (χ0) is 16.3. The highest BCUT2D eigenvalue weighted by atomic mass is 16.2. The third-order valence-corrected chi connectivity index (χ3v) is 4.09. The first kappa shape index (κ1) is 16.5. The number of likely N-dealkylation sites (tertiary alicyclic amines) is 1. The second kappa shape index (κ2) is 6.89. The first-order chi connectivity index (χ1) is 10.4. The fourth-order valence-corrected chi connectivity index (χ4v) is 3.01. The van der Waals surface area contributed by atoms with Crippen LogP contribution in [0.5, 0.6) is 0 Å². The van der Waals surface area contributed by atoms with E-state index in [-0.39, 0.29) is 29.7 Å². The summed E-state index contributed by atoms with van der Waals surface area (Å²) in [5.74, 6) is -0.364. The SMILES string of the molecule is CC(C)N1N=C(C(=O)N2CCCC(CC(N)=O)C2)CCC1=O. The van der Waals surface area contributed by atoms with Gasteiger partial charge in [0, 0.05) is 38.4 Å². The van der Waals surface area contributed by atoms with E-state index in [1.807, 2.05) is 13.8 Å². The predicted octanol–water partition coefficient (Wildman–Crippen LogP) is 0.487. The number of hydrogen-bond acceptors (Lipinski definition) is 4. The molecule has 7 nitrogen and oxygen atoms in total. The average molecular weight is 308 g/mol. The van der Waals surface area contributed by atoms with Gasteiger partial charge in [0.05, 0.1) is 0 Å². The monoisotopic (exact) mass is 308 g/mol. The lowest BCUT2D eigenvalue weighted by Crippen LogP contribution is -2.47. The largest absolute Gasteiger partial charge is 0.370 e. The molecule has 7 heteroatoms. The molecule has 0 spiro atoms. The summed E-state index contributed by atoms with van der Waals surface area (Å²) in [6, 6.07) is -0.0560. The molecule has 2 rings (SSSR count). The maximum atomic E-state index is 12.6. The Balaban J connectivity index is 2.05. The van der Waals surface area contributed by atoms with Crippen molar-refractivity contribution in [1.82, 2.24) is 9.91 Å². The number of carbonyl (C=O) groups excluding carboxylic acids is 3. The van der Waals surface area contributed by atoms with Crippen LogP contribution in [0.15, 0.2) is 5.10 Å². The number of carbonyl (C=O) groups is 3. The van der Waals surface area contributed by atoms with Gasteiger partial charge in [-0.1, -0.05) is 0 Å². The number of amides is 3. The summed E-state index contributed by atoms with van der Waals surface area (Å²) in [7, 11) is 0. The van der Waals surface area contributed by atoms with Crippen LogP contribution in [0.4, 0.5) is 0 Å². The highest BCUT2D eigenvalue weighted by Gasteiger charge is 2.31. The van der Waals surface area contributed by atoms with Crippen molar-refractivity contribution in [1.29, 1.82) is 0 Å². The summed E-state index contributed by atoms with van der Waals surface area (Å²) >= 11 is 0. The summed E-state index contributed by atoms with van der Waals surface area (Å²) in [6.45, 7) is 4.95. The molecule has 3 amide bonds. The number of hydrogen-bond donors (Lipinski definition) is 1. The topological polar surface area (TPSA) is 96.1 Å². The van der Waals surface area contributed by atoms with E-state index in [9.17, 15) is 14.4 Å². The van der Waals surface area contributed by atoms with E-state index in [0.29, 0.717) is 38.1 Å². The maximum absolute atomic E-state index is 12.6.